The van der Waals surface area contributed by atoms with Gasteiger partial charge in [-0.2, -0.15) is 5.26 Å². The minimum atomic E-state index is -0.693. The van der Waals surface area contributed by atoms with E-state index in [2.05, 4.69) is 5.32 Å². The molecule has 0 heterocycles. The number of benzene rings is 1. The fourth-order valence-corrected chi connectivity index (χ4v) is 1.51. The first-order chi connectivity index (χ1) is 7.13. The zero-order chi connectivity index (χ0) is 11.3. The molecule has 1 unspecified atom stereocenters. The zero-order valence-corrected chi connectivity index (χ0v) is 9.39. The molecule has 0 amide bonds. The quantitative estimate of drug-likeness (QED) is 0.857. The van der Waals surface area contributed by atoms with Crippen LogP contribution >= 0.6 is 23.2 Å². The van der Waals surface area contributed by atoms with Crippen molar-refractivity contribution in [3.8, 4) is 6.07 Å². The van der Waals surface area contributed by atoms with E-state index in [1.54, 1.807) is 18.2 Å². The fraction of sp³-hybridized carbons (Fsp3) is 0.300. The molecule has 1 rings (SSSR count). The number of hydrogen-bond acceptors (Lipinski definition) is 3. The molecule has 80 valence electrons. The second kappa shape index (κ2) is 5.82. The van der Waals surface area contributed by atoms with Gasteiger partial charge in [-0.25, -0.2) is 0 Å². The molecule has 5 heteroatoms. The molecule has 0 spiro atoms. The third kappa shape index (κ3) is 3.96. The maximum Gasteiger partial charge on any atom is 0.0842 e. The number of anilines is 1. The number of aliphatic hydroxyl groups excluding tert-OH is 1. The van der Waals surface area contributed by atoms with Gasteiger partial charge in [0.15, 0.2) is 0 Å². The lowest BCUT2D eigenvalue weighted by molar-refractivity contribution is 0.193. The summed E-state index contributed by atoms with van der Waals surface area (Å²) in [4.78, 5) is 0. The molecule has 0 aliphatic rings. The van der Waals surface area contributed by atoms with Crippen molar-refractivity contribution in [1.82, 2.24) is 0 Å². The Kier molecular flexibility index (Phi) is 4.70. The van der Waals surface area contributed by atoms with Crippen molar-refractivity contribution in [3.05, 3.63) is 28.2 Å². The number of halogens is 2. The molecule has 1 aromatic rings. The first-order valence-electron chi connectivity index (χ1n) is 4.37. The first-order valence-corrected chi connectivity index (χ1v) is 5.13. The summed E-state index contributed by atoms with van der Waals surface area (Å²) in [6, 6.07) is 6.92. The van der Waals surface area contributed by atoms with Gasteiger partial charge in [-0.05, 0) is 18.2 Å². The van der Waals surface area contributed by atoms with Crippen molar-refractivity contribution >= 4 is 28.9 Å². The summed E-state index contributed by atoms with van der Waals surface area (Å²) in [6.45, 7) is 0.287. The Morgan fingerprint density at radius 1 is 1.47 bits per heavy atom. The summed E-state index contributed by atoms with van der Waals surface area (Å²) >= 11 is 11.6. The fourth-order valence-electron chi connectivity index (χ4n) is 1.04. The SMILES string of the molecule is N#CCC(O)CNc1ccc(Cl)cc1Cl. The summed E-state index contributed by atoms with van der Waals surface area (Å²) in [5, 5.41) is 21.6. The van der Waals surface area contributed by atoms with E-state index in [9.17, 15) is 5.11 Å². The van der Waals surface area contributed by atoms with Crippen LogP contribution in [0.3, 0.4) is 0 Å². The normalized spacial score (nSPS) is 11.9. The Hall–Kier alpha value is -0.950. The van der Waals surface area contributed by atoms with Gasteiger partial charge < -0.3 is 10.4 Å². The minimum absolute atomic E-state index is 0.0954. The highest BCUT2D eigenvalue weighted by Gasteiger charge is 2.05. The number of nitrogens with zero attached hydrogens (tertiary/aromatic N) is 1. The van der Waals surface area contributed by atoms with Crippen molar-refractivity contribution in [2.45, 2.75) is 12.5 Å². The van der Waals surface area contributed by atoms with Gasteiger partial charge in [0.05, 0.1) is 29.3 Å². The molecule has 1 atom stereocenters. The molecular formula is C10H10Cl2N2O. The van der Waals surface area contributed by atoms with E-state index in [0.717, 1.165) is 0 Å². The van der Waals surface area contributed by atoms with Crippen LogP contribution in [0.5, 0.6) is 0 Å². The summed E-state index contributed by atoms with van der Waals surface area (Å²) in [6.07, 6.45) is -0.597. The van der Waals surface area contributed by atoms with Crippen LogP contribution in [0, 0.1) is 11.3 Å². The third-order valence-corrected chi connectivity index (χ3v) is 2.33. The van der Waals surface area contributed by atoms with Crippen LogP contribution in [0.1, 0.15) is 6.42 Å². The Labute approximate surface area is 98.2 Å². The largest absolute Gasteiger partial charge is 0.390 e. The molecular weight excluding hydrogens is 235 g/mol. The van der Waals surface area contributed by atoms with Crippen LogP contribution in [-0.4, -0.2) is 17.8 Å². The van der Waals surface area contributed by atoms with Crippen molar-refractivity contribution in [1.29, 1.82) is 5.26 Å². The summed E-state index contributed by atoms with van der Waals surface area (Å²) in [5.74, 6) is 0. The number of hydrogen-bond donors (Lipinski definition) is 2. The Bertz CT molecular complexity index is 376. The van der Waals surface area contributed by atoms with Gasteiger partial charge in [0.2, 0.25) is 0 Å². The van der Waals surface area contributed by atoms with E-state index in [-0.39, 0.29) is 13.0 Å². The van der Waals surface area contributed by atoms with Crippen LogP contribution in [0.4, 0.5) is 5.69 Å². The molecule has 3 nitrogen and oxygen atoms in total. The molecule has 2 N–H and O–H groups in total. The van der Waals surface area contributed by atoms with E-state index in [4.69, 9.17) is 28.5 Å². The molecule has 1 aromatic carbocycles. The Morgan fingerprint density at radius 3 is 2.80 bits per heavy atom. The van der Waals surface area contributed by atoms with Crippen LogP contribution in [0.25, 0.3) is 0 Å². The molecule has 0 radical (unpaired) electrons. The molecule has 0 saturated heterocycles. The second-order valence-corrected chi connectivity index (χ2v) is 3.86. The van der Waals surface area contributed by atoms with Crippen molar-refractivity contribution in [3.63, 3.8) is 0 Å². The molecule has 0 bridgehead atoms. The highest BCUT2D eigenvalue weighted by atomic mass is 35.5. The van der Waals surface area contributed by atoms with Crippen LogP contribution in [0.2, 0.25) is 10.0 Å². The highest BCUT2D eigenvalue weighted by molar-refractivity contribution is 6.36. The number of nitriles is 1. The van der Waals surface area contributed by atoms with E-state index >= 15 is 0 Å². The third-order valence-electron chi connectivity index (χ3n) is 1.79. The van der Waals surface area contributed by atoms with Gasteiger partial charge in [0.1, 0.15) is 0 Å². The van der Waals surface area contributed by atoms with E-state index in [1.165, 1.54) is 0 Å². The summed E-state index contributed by atoms with van der Waals surface area (Å²) < 4.78 is 0. The van der Waals surface area contributed by atoms with Gasteiger partial charge in [-0.1, -0.05) is 23.2 Å². The zero-order valence-electron chi connectivity index (χ0n) is 7.87. The van der Waals surface area contributed by atoms with Crippen LogP contribution in [0.15, 0.2) is 18.2 Å². The van der Waals surface area contributed by atoms with Gasteiger partial charge in [-0.15, -0.1) is 0 Å². The molecule has 0 aromatic heterocycles. The predicted molar refractivity (Wildman–Crippen MR) is 61.2 cm³/mol. The standard InChI is InChI=1S/C10H10Cl2N2O/c11-7-1-2-10(9(12)5-7)14-6-8(15)3-4-13/h1-2,5,8,14-15H,3,6H2. The smallest absolute Gasteiger partial charge is 0.0842 e. The van der Waals surface area contributed by atoms with Gasteiger partial charge in [0.25, 0.3) is 0 Å². The highest BCUT2D eigenvalue weighted by Crippen LogP contribution is 2.25. The molecule has 15 heavy (non-hydrogen) atoms. The average molecular weight is 245 g/mol. The van der Waals surface area contributed by atoms with Crippen molar-refractivity contribution < 1.29 is 5.11 Å². The molecule has 0 fully saturated rings. The van der Waals surface area contributed by atoms with Crippen molar-refractivity contribution in [2.24, 2.45) is 0 Å². The maximum absolute atomic E-state index is 9.30. The van der Waals surface area contributed by atoms with E-state index in [1.807, 2.05) is 6.07 Å². The van der Waals surface area contributed by atoms with Crippen molar-refractivity contribution in [2.75, 3.05) is 11.9 Å². The molecule has 0 aliphatic carbocycles. The Morgan fingerprint density at radius 2 is 2.20 bits per heavy atom. The monoisotopic (exact) mass is 244 g/mol. The van der Waals surface area contributed by atoms with Crippen LogP contribution in [-0.2, 0) is 0 Å². The van der Waals surface area contributed by atoms with E-state index in [0.29, 0.717) is 15.7 Å². The topological polar surface area (TPSA) is 56.0 Å². The van der Waals surface area contributed by atoms with Gasteiger partial charge in [-0.3, -0.25) is 0 Å². The van der Waals surface area contributed by atoms with Crippen LogP contribution < -0.4 is 5.32 Å². The number of rotatable bonds is 4. The predicted octanol–water partition coefficient (Wildman–Crippen LogP) is 2.68. The Balaban J connectivity index is 2.55. The van der Waals surface area contributed by atoms with Gasteiger partial charge in [0, 0.05) is 11.6 Å². The lowest BCUT2D eigenvalue weighted by Gasteiger charge is -2.11. The second-order valence-electron chi connectivity index (χ2n) is 3.02. The lowest BCUT2D eigenvalue weighted by Crippen LogP contribution is -2.18. The van der Waals surface area contributed by atoms with Gasteiger partial charge >= 0.3 is 0 Å². The summed E-state index contributed by atoms with van der Waals surface area (Å²) in [5.41, 5.74) is 0.693. The minimum Gasteiger partial charge on any atom is -0.390 e. The molecule has 0 saturated carbocycles. The lowest BCUT2D eigenvalue weighted by atomic mass is 10.2. The summed E-state index contributed by atoms with van der Waals surface area (Å²) in [7, 11) is 0. The number of aliphatic hydroxyl groups is 1. The molecule has 0 aliphatic heterocycles. The number of nitrogens with one attached hydrogen (secondary N) is 1. The average Bonchev–Trinajstić information content (AvgIpc) is 2.17. The first kappa shape index (κ1) is 12.1. The van der Waals surface area contributed by atoms with E-state index < -0.39 is 6.10 Å². The maximum atomic E-state index is 9.30.